The monoisotopic (exact) mass is 854 g/mol. The first-order valence-corrected chi connectivity index (χ1v) is 22.3. The molecule has 6 aliphatic rings. The molecule has 5 aliphatic heterocycles. The Labute approximate surface area is 366 Å². The van der Waals surface area contributed by atoms with E-state index in [9.17, 15) is 12.9 Å². The van der Waals surface area contributed by atoms with Crippen LogP contribution in [-0.4, -0.2) is 33.7 Å². The van der Waals surface area contributed by atoms with E-state index in [1.54, 1.807) is 0 Å². The number of ether oxygens (including phenoxy) is 1. The van der Waals surface area contributed by atoms with Gasteiger partial charge in [-0.1, -0.05) is 84.4 Å². The van der Waals surface area contributed by atoms with E-state index in [4.69, 9.17) is 20.8 Å². The van der Waals surface area contributed by atoms with Crippen LogP contribution in [0.15, 0.2) is 124 Å². The average molecular weight is 855 g/mol. The molecule has 11 rings (SSSR count). The third-order valence-corrected chi connectivity index (χ3v) is 13.6. The molecule has 0 unspecified atom stereocenters. The van der Waals surface area contributed by atoms with Crippen LogP contribution in [-0.2, 0) is 25.7 Å². The Kier molecular flexibility index (Phi) is 12.2. The highest BCUT2D eigenvalue weighted by Crippen LogP contribution is 2.49. The van der Waals surface area contributed by atoms with Crippen LogP contribution in [0.2, 0.25) is 0 Å². The van der Waals surface area contributed by atoms with Crippen LogP contribution in [0, 0.1) is 0 Å². The zero-order chi connectivity index (χ0) is 41.5. The fraction of sp³-hybridized carbons (Fsp3) is 0.288. The van der Waals surface area contributed by atoms with E-state index in [0.717, 1.165) is 110 Å². The second-order valence-corrected chi connectivity index (χ2v) is 17.2. The highest BCUT2D eigenvalue weighted by molar-refractivity contribution is 6.33. The number of aryl methyl sites for hydroxylation is 3. The summed E-state index contributed by atoms with van der Waals surface area (Å²) >= 11 is 7.40. The van der Waals surface area contributed by atoms with E-state index in [0.29, 0.717) is 0 Å². The first-order valence-electron chi connectivity index (χ1n) is 21.9. The molecule has 0 atom stereocenters. The second kappa shape index (κ2) is 18.1. The zero-order valence-corrected chi connectivity index (χ0v) is 35.4. The van der Waals surface area contributed by atoms with Crippen molar-refractivity contribution in [1.29, 1.82) is 0 Å². The van der Waals surface area contributed by atoms with Gasteiger partial charge in [-0.2, -0.15) is 0 Å². The molecule has 0 saturated carbocycles. The van der Waals surface area contributed by atoms with E-state index in [1.165, 1.54) is 92.5 Å². The van der Waals surface area contributed by atoms with Gasteiger partial charge in [0.15, 0.2) is 0 Å². The molecule has 5 aromatic rings. The van der Waals surface area contributed by atoms with Gasteiger partial charge in [-0.05, 0) is 129 Å². The molecular formula is C52H48BClF4N2O2. The summed E-state index contributed by atoms with van der Waals surface area (Å²) in [6, 6.07) is 28.2. The SMILES string of the molecule is ClC1=C(/C=C/c2cc(-c3ccccc3)[o+]c3c4c5c(cc23)CCCN5CCC4)CCC/C1=C\C=C1/C=C(c2ccccc2)Oc2c1cc1c3c2CCCN3CCC1.FB(F)F.[F-]. The smallest absolute Gasteiger partial charge is 0.762 e. The highest BCUT2D eigenvalue weighted by Gasteiger charge is 2.34. The van der Waals surface area contributed by atoms with Gasteiger partial charge in [-0.25, -0.2) is 4.42 Å². The molecule has 0 saturated heterocycles. The van der Waals surface area contributed by atoms with Gasteiger partial charge < -0.3 is 19.2 Å². The lowest BCUT2D eigenvalue weighted by Crippen LogP contribution is -3.00. The zero-order valence-electron chi connectivity index (χ0n) is 34.7. The van der Waals surface area contributed by atoms with Gasteiger partial charge in [-0.3, -0.25) is 12.9 Å². The Morgan fingerprint density at radius 3 is 1.97 bits per heavy atom. The average Bonchev–Trinajstić information content (AvgIpc) is 3.29. The molecule has 0 N–H and O–H groups in total. The Morgan fingerprint density at radius 1 is 0.661 bits per heavy atom. The summed E-state index contributed by atoms with van der Waals surface area (Å²) in [5.74, 6) is 2.86. The third-order valence-electron chi connectivity index (χ3n) is 13.1. The lowest BCUT2D eigenvalue weighted by atomic mass is 9.85. The van der Waals surface area contributed by atoms with Gasteiger partial charge in [0.2, 0.25) is 0 Å². The summed E-state index contributed by atoms with van der Waals surface area (Å²) in [7, 11) is -3.67. The first-order chi connectivity index (χ1) is 29.9. The maximum Gasteiger partial charge on any atom is 0.762 e. The molecule has 0 radical (unpaired) electrons. The largest absolute Gasteiger partial charge is 1.00 e. The first kappa shape index (κ1) is 41.8. The van der Waals surface area contributed by atoms with Crippen LogP contribution in [0.3, 0.4) is 0 Å². The van der Waals surface area contributed by atoms with Gasteiger partial charge in [0.1, 0.15) is 11.5 Å². The van der Waals surface area contributed by atoms with Crippen molar-refractivity contribution in [2.75, 3.05) is 36.0 Å². The molecule has 1 aliphatic carbocycles. The predicted molar refractivity (Wildman–Crippen MR) is 246 cm³/mol. The summed E-state index contributed by atoms with van der Waals surface area (Å²) in [5.41, 5.74) is 17.8. The summed E-state index contributed by atoms with van der Waals surface area (Å²) in [4.78, 5) is 5.20. The van der Waals surface area contributed by atoms with Crippen molar-refractivity contribution in [3.63, 3.8) is 0 Å². The number of rotatable bonds is 5. The predicted octanol–water partition coefficient (Wildman–Crippen LogP) is 10.8. The standard InChI is InChI=1S/C52H48ClN2O2.BF3.FH/c53-48-36(22-24-38-32-46(34-12-3-1-4-13-34)56-51-42-20-10-28-54-26-8-18-40(49(42)54)30-44(38)51)16-7-17-37(48)23-25-39-33-47(35-14-5-2-6-15-35)57-52-43-21-11-29-55-27-9-19-41(50(43)55)31-45(39)52;2-1(3)4;/h1-6,12-15,22-25,30-33H,7-11,16-21,26-29H2;;1H/q+1;;/p-1. The number of benzene rings is 4. The summed E-state index contributed by atoms with van der Waals surface area (Å²) < 4.78 is 42.7. The molecule has 1 aromatic heterocycles. The number of anilines is 2. The maximum atomic E-state index is 9.67. The molecule has 4 aromatic carbocycles. The minimum Gasteiger partial charge on any atom is -1.00 e. The van der Waals surface area contributed by atoms with Crippen LogP contribution in [0.1, 0.15) is 83.9 Å². The molecule has 0 spiro atoms. The van der Waals surface area contributed by atoms with E-state index in [-0.39, 0.29) is 4.70 Å². The minimum atomic E-state index is -3.67. The summed E-state index contributed by atoms with van der Waals surface area (Å²) in [6.07, 6.45) is 23.5. The van der Waals surface area contributed by atoms with Crippen LogP contribution >= 0.6 is 11.6 Å². The second-order valence-electron chi connectivity index (χ2n) is 16.9. The van der Waals surface area contributed by atoms with Crippen LogP contribution < -0.4 is 19.2 Å². The quantitative estimate of drug-likeness (QED) is 0.1000. The van der Waals surface area contributed by atoms with Gasteiger partial charge in [0, 0.05) is 59.2 Å². The lowest BCUT2D eigenvalue weighted by molar-refractivity contribution is -0.0000153. The highest BCUT2D eigenvalue weighted by atomic mass is 35.5. The van der Waals surface area contributed by atoms with Crippen molar-refractivity contribution < 1.29 is 26.8 Å². The Bertz CT molecular complexity index is 2670. The number of halogens is 5. The Balaban J connectivity index is 0.000000942. The topological polar surface area (TPSA) is 27.0 Å². The molecular weight excluding hydrogens is 807 g/mol. The van der Waals surface area contributed by atoms with Crippen molar-refractivity contribution in [2.24, 2.45) is 0 Å². The van der Waals surface area contributed by atoms with Crippen molar-refractivity contribution in [2.45, 2.75) is 70.6 Å². The van der Waals surface area contributed by atoms with E-state index >= 15 is 0 Å². The number of fused-ring (bicyclic) bond motifs is 4. The van der Waals surface area contributed by atoms with Gasteiger partial charge in [-0.15, -0.1) is 0 Å². The molecule has 0 fully saturated rings. The Morgan fingerprint density at radius 2 is 1.27 bits per heavy atom. The Hall–Kier alpha value is -5.54. The molecule has 0 amide bonds. The minimum absolute atomic E-state index is 0. The van der Waals surface area contributed by atoms with Gasteiger partial charge in [0.25, 0.3) is 0 Å². The van der Waals surface area contributed by atoms with E-state index in [1.807, 2.05) is 0 Å². The van der Waals surface area contributed by atoms with Gasteiger partial charge in [0.05, 0.1) is 28.3 Å². The molecule has 62 heavy (non-hydrogen) atoms. The third kappa shape index (κ3) is 8.12. The van der Waals surface area contributed by atoms with Crippen molar-refractivity contribution >= 4 is 58.9 Å². The van der Waals surface area contributed by atoms with Crippen molar-refractivity contribution in [1.82, 2.24) is 0 Å². The van der Waals surface area contributed by atoms with E-state index in [2.05, 4.69) is 119 Å². The number of nitrogens with zero attached hydrogens (tertiary/aromatic N) is 2. The van der Waals surface area contributed by atoms with E-state index < -0.39 is 7.54 Å². The fourth-order valence-electron chi connectivity index (χ4n) is 10.4. The van der Waals surface area contributed by atoms with Crippen molar-refractivity contribution in [3.05, 3.63) is 158 Å². The van der Waals surface area contributed by atoms with Crippen molar-refractivity contribution in [3.8, 4) is 17.1 Å². The lowest BCUT2D eigenvalue weighted by Gasteiger charge is -2.39. The van der Waals surface area contributed by atoms with Crippen LogP contribution in [0.5, 0.6) is 5.75 Å². The maximum absolute atomic E-state index is 9.67. The van der Waals surface area contributed by atoms with Crippen LogP contribution in [0.25, 0.3) is 39.7 Å². The number of hydrogen-bond acceptors (Lipinski definition) is 3. The molecule has 10 heteroatoms. The molecule has 6 heterocycles. The summed E-state index contributed by atoms with van der Waals surface area (Å²) in [6.45, 7) is 4.56. The fourth-order valence-corrected chi connectivity index (χ4v) is 10.7. The molecule has 0 bridgehead atoms. The molecule has 4 nitrogen and oxygen atoms in total. The molecule has 316 valence electrons. The number of hydrogen-bond donors (Lipinski definition) is 0. The summed E-state index contributed by atoms with van der Waals surface area (Å²) in [5, 5.41) is 2.08. The van der Waals surface area contributed by atoms with Gasteiger partial charge >= 0.3 is 18.9 Å². The van der Waals surface area contributed by atoms with Crippen LogP contribution in [0.4, 0.5) is 24.3 Å². The normalized spacial score (nSPS) is 18.9. The number of allylic oxidation sites excluding steroid dienone is 8.